The third-order valence-corrected chi connectivity index (χ3v) is 4.23. The van der Waals surface area contributed by atoms with Crippen molar-refractivity contribution in [2.24, 2.45) is 13.0 Å². The molecular formula is C14H24IN3O. The third kappa shape index (κ3) is 3.94. The maximum absolute atomic E-state index is 12.3. The average Bonchev–Trinajstić information content (AvgIpc) is 2.84. The van der Waals surface area contributed by atoms with Crippen LogP contribution in [-0.4, -0.2) is 28.6 Å². The first kappa shape index (κ1) is 16.5. The molecule has 1 aromatic rings. The van der Waals surface area contributed by atoms with Crippen molar-refractivity contribution in [1.29, 1.82) is 0 Å². The summed E-state index contributed by atoms with van der Waals surface area (Å²) in [4.78, 5) is 14.2. The lowest BCUT2D eigenvalue weighted by Crippen LogP contribution is -3.00. The van der Waals surface area contributed by atoms with E-state index in [-0.39, 0.29) is 30.0 Å². The van der Waals surface area contributed by atoms with E-state index in [1.807, 2.05) is 42.3 Å². The molecule has 1 fully saturated rings. The Labute approximate surface area is 132 Å². The normalized spacial score (nSPS) is 22.7. The van der Waals surface area contributed by atoms with E-state index in [1.54, 1.807) is 4.57 Å². The van der Waals surface area contributed by atoms with Gasteiger partial charge in [-0.3, -0.25) is 0 Å². The van der Waals surface area contributed by atoms with Crippen molar-refractivity contribution in [3.8, 4) is 0 Å². The van der Waals surface area contributed by atoms with Gasteiger partial charge in [-0.05, 0) is 31.6 Å². The van der Waals surface area contributed by atoms with Gasteiger partial charge in [0, 0.05) is 13.1 Å². The molecule has 0 N–H and O–H groups in total. The molecule has 1 amide bonds. The number of carbonyl (C=O) groups excluding carboxylic acids is 1. The van der Waals surface area contributed by atoms with Gasteiger partial charge in [0.25, 0.3) is 6.33 Å². The van der Waals surface area contributed by atoms with Gasteiger partial charge >= 0.3 is 6.03 Å². The Bertz CT molecular complexity index is 411. The summed E-state index contributed by atoms with van der Waals surface area (Å²) in [5, 5.41) is 0. The van der Waals surface area contributed by atoms with E-state index in [2.05, 4.69) is 6.92 Å². The summed E-state index contributed by atoms with van der Waals surface area (Å²) < 4.78 is 3.55. The fourth-order valence-corrected chi connectivity index (χ4v) is 2.84. The minimum absolute atomic E-state index is 0. The summed E-state index contributed by atoms with van der Waals surface area (Å²) in [6, 6.07) is 0.489. The minimum atomic E-state index is 0. The molecule has 1 heterocycles. The highest BCUT2D eigenvalue weighted by Gasteiger charge is 2.28. The lowest BCUT2D eigenvalue weighted by molar-refractivity contribution is -0.670. The molecule has 0 atom stereocenters. The van der Waals surface area contributed by atoms with Crippen LogP contribution < -0.4 is 28.5 Å². The summed E-state index contributed by atoms with van der Waals surface area (Å²) in [5.74, 6) is 0.870. The smallest absolute Gasteiger partial charge is 0.415 e. The predicted octanol–water partition coefficient (Wildman–Crippen LogP) is -0.815. The first-order valence-electron chi connectivity index (χ1n) is 6.92. The molecule has 0 spiro atoms. The Morgan fingerprint density at radius 2 is 2.00 bits per heavy atom. The van der Waals surface area contributed by atoms with Crippen molar-refractivity contribution in [3.63, 3.8) is 0 Å². The van der Waals surface area contributed by atoms with Gasteiger partial charge in [0.1, 0.15) is 12.4 Å². The molecule has 0 aromatic carbocycles. The molecule has 1 aromatic heterocycles. The molecule has 1 aliphatic rings. The first-order valence-corrected chi connectivity index (χ1v) is 6.92. The minimum Gasteiger partial charge on any atom is -1.00 e. The summed E-state index contributed by atoms with van der Waals surface area (Å²) in [6.45, 7) is 2.26. The summed E-state index contributed by atoms with van der Waals surface area (Å²) in [5.41, 5.74) is 0. The van der Waals surface area contributed by atoms with Crippen molar-refractivity contribution in [2.75, 3.05) is 7.05 Å². The van der Waals surface area contributed by atoms with E-state index in [0.29, 0.717) is 6.04 Å². The SMILES string of the molecule is CCC1CCC(N(C)C(=O)n2cc[n+](C)c2)CC1.[I-]. The zero-order chi connectivity index (χ0) is 13.1. The lowest BCUT2D eigenvalue weighted by atomic mass is 9.84. The van der Waals surface area contributed by atoms with Gasteiger partial charge in [-0.1, -0.05) is 13.3 Å². The van der Waals surface area contributed by atoms with Crippen LogP contribution in [-0.2, 0) is 7.05 Å². The van der Waals surface area contributed by atoms with Gasteiger partial charge < -0.3 is 28.9 Å². The number of hydrogen-bond donors (Lipinski definition) is 0. The van der Waals surface area contributed by atoms with E-state index in [4.69, 9.17) is 0 Å². The molecule has 108 valence electrons. The number of aryl methyl sites for hydroxylation is 1. The molecule has 19 heavy (non-hydrogen) atoms. The summed E-state index contributed by atoms with van der Waals surface area (Å²) in [6.07, 6.45) is 11.6. The molecule has 0 saturated heterocycles. The van der Waals surface area contributed by atoms with Gasteiger partial charge in [0.2, 0.25) is 0 Å². The summed E-state index contributed by atoms with van der Waals surface area (Å²) in [7, 11) is 3.86. The second kappa shape index (κ2) is 7.26. The van der Waals surface area contributed by atoms with Crippen LogP contribution in [0.1, 0.15) is 39.0 Å². The van der Waals surface area contributed by atoms with Crippen LogP contribution in [0.5, 0.6) is 0 Å². The van der Waals surface area contributed by atoms with Crippen LogP contribution in [0.3, 0.4) is 0 Å². The monoisotopic (exact) mass is 377 g/mol. The maximum atomic E-state index is 12.3. The molecule has 4 nitrogen and oxygen atoms in total. The number of imidazole rings is 1. The van der Waals surface area contributed by atoms with Crippen molar-refractivity contribution in [1.82, 2.24) is 9.47 Å². The van der Waals surface area contributed by atoms with Gasteiger partial charge in [0.15, 0.2) is 0 Å². The number of rotatable bonds is 2. The molecule has 1 saturated carbocycles. The van der Waals surface area contributed by atoms with Crippen LogP contribution in [0.15, 0.2) is 18.7 Å². The molecule has 5 heteroatoms. The number of hydrogen-bond acceptors (Lipinski definition) is 1. The van der Waals surface area contributed by atoms with Crippen molar-refractivity contribution < 1.29 is 33.3 Å². The number of carbonyl (C=O) groups is 1. The first-order chi connectivity index (χ1) is 8.61. The fraction of sp³-hybridized carbons (Fsp3) is 0.714. The largest absolute Gasteiger partial charge is 1.00 e. The topological polar surface area (TPSA) is 29.1 Å². The zero-order valence-corrected chi connectivity index (χ0v) is 14.2. The van der Waals surface area contributed by atoms with E-state index in [1.165, 1.54) is 19.3 Å². The second-order valence-electron chi connectivity index (χ2n) is 5.46. The quantitative estimate of drug-likeness (QED) is 0.490. The van der Waals surface area contributed by atoms with Gasteiger partial charge in [0.05, 0.1) is 7.05 Å². The molecular weight excluding hydrogens is 353 g/mol. The number of halogens is 1. The van der Waals surface area contributed by atoms with Crippen LogP contribution in [0, 0.1) is 5.92 Å². The van der Waals surface area contributed by atoms with Crippen molar-refractivity contribution >= 4 is 6.03 Å². The zero-order valence-electron chi connectivity index (χ0n) is 12.1. The standard InChI is InChI=1S/C14H24N3O.HI/c1-4-12-5-7-13(8-6-12)16(3)14(18)17-10-9-15(2)11-17;/h9-13H,4-8H2,1-3H3;1H/q+1;/p-1. The summed E-state index contributed by atoms with van der Waals surface area (Å²) >= 11 is 0. The van der Waals surface area contributed by atoms with E-state index < -0.39 is 0 Å². The molecule has 0 unspecified atom stereocenters. The molecule has 1 aliphatic carbocycles. The Hall–Kier alpha value is -0.590. The Morgan fingerprint density at radius 3 is 2.47 bits per heavy atom. The third-order valence-electron chi connectivity index (χ3n) is 4.23. The predicted molar refractivity (Wildman–Crippen MR) is 70.2 cm³/mol. The van der Waals surface area contributed by atoms with E-state index in [0.717, 1.165) is 18.8 Å². The number of nitrogens with zero attached hydrogens (tertiary/aromatic N) is 3. The molecule has 2 rings (SSSR count). The second-order valence-corrected chi connectivity index (χ2v) is 5.46. The van der Waals surface area contributed by atoms with Crippen molar-refractivity contribution in [3.05, 3.63) is 18.7 Å². The van der Waals surface area contributed by atoms with Gasteiger partial charge in [-0.2, -0.15) is 4.57 Å². The highest BCUT2D eigenvalue weighted by Crippen LogP contribution is 2.29. The molecule has 0 bridgehead atoms. The lowest BCUT2D eigenvalue weighted by Gasteiger charge is -2.33. The van der Waals surface area contributed by atoms with E-state index >= 15 is 0 Å². The van der Waals surface area contributed by atoms with Crippen LogP contribution in [0.4, 0.5) is 4.79 Å². The maximum Gasteiger partial charge on any atom is 0.415 e. The van der Waals surface area contributed by atoms with Crippen LogP contribution in [0.2, 0.25) is 0 Å². The Balaban J connectivity index is 0.00000180. The van der Waals surface area contributed by atoms with Crippen LogP contribution >= 0.6 is 0 Å². The highest BCUT2D eigenvalue weighted by atomic mass is 127. The van der Waals surface area contributed by atoms with Crippen molar-refractivity contribution in [2.45, 2.75) is 45.1 Å². The van der Waals surface area contributed by atoms with Crippen LogP contribution in [0.25, 0.3) is 0 Å². The highest BCUT2D eigenvalue weighted by molar-refractivity contribution is 5.76. The number of aromatic nitrogens is 2. The Morgan fingerprint density at radius 1 is 1.37 bits per heavy atom. The number of amides is 1. The van der Waals surface area contributed by atoms with Gasteiger partial charge in [-0.25, -0.2) is 9.36 Å². The molecule has 0 aliphatic heterocycles. The van der Waals surface area contributed by atoms with Gasteiger partial charge in [-0.15, -0.1) is 0 Å². The average molecular weight is 377 g/mol. The fourth-order valence-electron chi connectivity index (χ4n) is 2.84. The van der Waals surface area contributed by atoms with E-state index in [9.17, 15) is 4.79 Å². The molecule has 0 radical (unpaired) electrons. The Kier molecular flexibility index (Phi) is 6.29.